The number of rotatable bonds is 4. The molecule has 0 spiro atoms. The van der Waals surface area contributed by atoms with Crippen LogP contribution in [0.1, 0.15) is 26.7 Å². The fraction of sp³-hybridized carbons (Fsp3) is 0.533. The zero-order valence-corrected chi connectivity index (χ0v) is 11.4. The van der Waals surface area contributed by atoms with E-state index in [1.54, 1.807) is 0 Å². The maximum Gasteiger partial charge on any atom is 0.119 e. The number of nitrogen functional groups attached to an aromatic ring is 1. The molecule has 2 rings (SSSR count). The van der Waals surface area contributed by atoms with Crippen LogP contribution in [-0.2, 0) is 0 Å². The largest absolute Gasteiger partial charge is 0.490 e. The molecule has 1 aromatic rings. The van der Waals surface area contributed by atoms with Gasteiger partial charge in [-0.25, -0.2) is 0 Å². The van der Waals surface area contributed by atoms with Crippen molar-refractivity contribution in [1.29, 1.82) is 0 Å². The SMILES string of the molecule is C[C](C)CN1CCC(Oc2ccc(N)cc2)CC1. The van der Waals surface area contributed by atoms with Crippen molar-refractivity contribution in [3.05, 3.63) is 30.2 Å². The second-order valence-electron chi connectivity index (χ2n) is 5.37. The highest BCUT2D eigenvalue weighted by Crippen LogP contribution is 2.20. The first kappa shape index (κ1) is 13.2. The number of piperidine rings is 1. The molecule has 1 fully saturated rings. The Balaban J connectivity index is 1.78. The Labute approximate surface area is 110 Å². The van der Waals surface area contributed by atoms with Crippen LogP contribution in [0.3, 0.4) is 0 Å². The number of ether oxygens (including phenoxy) is 1. The van der Waals surface area contributed by atoms with E-state index in [9.17, 15) is 0 Å². The van der Waals surface area contributed by atoms with Gasteiger partial charge in [0.25, 0.3) is 0 Å². The maximum atomic E-state index is 5.97. The molecule has 0 amide bonds. The van der Waals surface area contributed by atoms with E-state index in [1.807, 2.05) is 24.3 Å². The quantitative estimate of drug-likeness (QED) is 0.831. The fourth-order valence-corrected chi connectivity index (χ4v) is 2.37. The molecule has 1 heterocycles. The molecular formula is C15H23N2O. The first-order chi connectivity index (χ1) is 8.63. The van der Waals surface area contributed by atoms with Gasteiger partial charge in [0.1, 0.15) is 11.9 Å². The molecule has 1 saturated heterocycles. The minimum Gasteiger partial charge on any atom is -0.490 e. The van der Waals surface area contributed by atoms with E-state index in [1.165, 1.54) is 5.92 Å². The summed E-state index contributed by atoms with van der Waals surface area (Å²) in [4.78, 5) is 2.50. The first-order valence-electron chi connectivity index (χ1n) is 6.67. The molecule has 0 aliphatic carbocycles. The Hall–Kier alpha value is -1.22. The fourth-order valence-electron chi connectivity index (χ4n) is 2.37. The van der Waals surface area contributed by atoms with Crippen molar-refractivity contribution < 1.29 is 4.74 Å². The number of hydrogen-bond donors (Lipinski definition) is 1. The molecule has 1 aliphatic heterocycles. The molecular weight excluding hydrogens is 224 g/mol. The van der Waals surface area contributed by atoms with Gasteiger partial charge in [0.05, 0.1) is 0 Å². The standard InChI is InChI=1S/C15H23N2O/c1-12(2)11-17-9-7-15(8-10-17)18-14-5-3-13(16)4-6-14/h3-6,15H,7-11,16H2,1-2H3. The lowest BCUT2D eigenvalue weighted by molar-refractivity contribution is 0.103. The summed E-state index contributed by atoms with van der Waals surface area (Å²) in [6.07, 6.45) is 2.57. The Morgan fingerprint density at radius 3 is 2.39 bits per heavy atom. The van der Waals surface area contributed by atoms with Crippen LogP contribution in [0.4, 0.5) is 5.69 Å². The summed E-state index contributed by atoms with van der Waals surface area (Å²) < 4.78 is 5.97. The third-order valence-corrected chi connectivity index (χ3v) is 3.26. The predicted molar refractivity (Wildman–Crippen MR) is 75.5 cm³/mol. The van der Waals surface area contributed by atoms with E-state index >= 15 is 0 Å². The summed E-state index contributed by atoms with van der Waals surface area (Å²) in [6, 6.07) is 7.68. The highest BCUT2D eigenvalue weighted by Gasteiger charge is 2.20. The number of likely N-dealkylation sites (tertiary alicyclic amines) is 1. The van der Waals surface area contributed by atoms with Gasteiger partial charge in [-0.05, 0) is 43.0 Å². The topological polar surface area (TPSA) is 38.5 Å². The Kier molecular flexibility index (Phi) is 4.48. The minimum atomic E-state index is 0.349. The van der Waals surface area contributed by atoms with E-state index in [-0.39, 0.29) is 0 Å². The molecule has 0 saturated carbocycles. The normalized spacial score (nSPS) is 18.2. The van der Waals surface area contributed by atoms with Crippen LogP contribution in [0.15, 0.2) is 24.3 Å². The monoisotopic (exact) mass is 247 g/mol. The van der Waals surface area contributed by atoms with E-state index in [2.05, 4.69) is 18.7 Å². The van der Waals surface area contributed by atoms with Crippen molar-refractivity contribution in [2.75, 3.05) is 25.4 Å². The molecule has 0 bridgehead atoms. The molecule has 2 N–H and O–H groups in total. The Bertz CT molecular complexity index is 353. The lowest BCUT2D eigenvalue weighted by atomic mass is 10.1. The Morgan fingerprint density at radius 2 is 1.83 bits per heavy atom. The Morgan fingerprint density at radius 1 is 1.22 bits per heavy atom. The average Bonchev–Trinajstić information content (AvgIpc) is 2.34. The van der Waals surface area contributed by atoms with Gasteiger partial charge in [0.2, 0.25) is 0 Å². The summed E-state index contributed by atoms with van der Waals surface area (Å²) in [5.74, 6) is 2.41. The van der Waals surface area contributed by atoms with E-state index < -0.39 is 0 Å². The van der Waals surface area contributed by atoms with E-state index in [0.717, 1.165) is 43.9 Å². The van der Waals surface area contributed by atoms with Gasteiger partial charge in [-0.15, -0.1) is 0 Å². The summed E-state index contributed by atoms with van der Waals surface area (Å²) >= 11 is 0. The highest BCUT2D eigenvalue weighted by atomic mass is 16.5. The molecule has 1 aliphatic rings. The van der Waals surface area contributed by atoms with Gasteiger partial charge in [-0.2, -0.15) is 0 Å². The highest BCUT2D eigenvalue weighted by molar-refractivity contribution is 5.41. The smallest absolute Gasteiger partial charge is 0.119 e. The zero-order valence-electron chi connectivity index (χ0n) is 11.4. The van der Waals surface area contributed by atoms with Gasteiger partial charge >= 0.3 is 0 Å². The van der Waals surface area contributed by atoms with Crippen LogP contribution in [0, 0.1) is 5.92 Å². The van der Waals surface area contributed by atoms with Crippen LogP contribution in [0.5, 0.6) is 5.75 Å². The minimum absolute atomic E-state index is 0.349. The van der Waals surface area contributed by atoms with E-state index in [4.69, 9.17) is 10.5 Å². The van der Waals surface area contributed by atoms with Crippen LogP contribution in [0.2, 0.25) is 0 Å². The summed E-state index contributed by atoms with van der Waals surface area (Å²) in [6.45, 7) is 7.76. The second kappa shape index (κ2) is 6.10. The second-order valence-corrected chi connectivity index (χ2v) is 5.37. The van der Waals surface area contributed by atoms with Crippen molar-refractivity contribution >= 4 is 5.69 Å². The molecule has 0 atom stereocenters. The van der Waals surface area contributed by atoms with Crippen molar-refractivity contribution in [1.82, 2.24) is 4.90 Å². The van der Waals surface area contributed by atoms with Gasteiger partial charge < -0.3 is 15.4 Å². The van der Waals surface area contributed by atoms with Crippen molar-refractivity contribution in [2.24, 2.45) is 0 Å². The number of hydrogen-bond acceptors (Lipinski definition) is 3. The zero-order chi connectivity index (χ0) is 13.0. The van der Waals surface area contributed by atoms with E-state index in [0.29, 0.717) is 6.10 Å². The third kappa shape index (κ3) is 3.91. The lowest BCUT2D eigenvalue weighted by Gasteiger charge is -2.33. The average molecular weight is 247 g/mol. The van der Waals surface area contributed by atoms with Crippen molar-refractivity contribution in [2.45, 2.75) is 32.8 Å². The first-order valence-corrected chi connectivity index (χ1v) is 6.67. The van der Waals surface area contributed by atoms with Crippen LogP contribution < -0.4 is 10.5 Å². The van der Waals surface area contributed by atoms with Gasteiger partial charge in [-0.1, -0.05) is 13.8 Å². The molecule has 99 valence electrons. The van der Waals surface area contributed by atoms with Gasteiger partial charge in [-0.3, -0.25) is 0 Å². The molecule has 3 heteroatoms. The molecule has 1 radical (unpaired) electrons. The summed E-state index contributed by atoms with van der Waals surface area (Å²) in [5, 5.41) is 0. The number of anilines is 1. The molecule has 1 aromatic carbocycles. The molecule has 3 nitrogen and oxygen atoms in total. The molecule has 0 aromatic heterocycles. The van der Waals surface area contributed by atoms with Crippen molar-refractivity contribution in [3.63, 3.8) is 0 Å². The molecule has 18 heavy (non-hydrogen) atoms. The lowest BCUT2D eigenvalue weighted by Crippen LogP contribution is -2.39. The third-order valence-electron chi connectivity index (χ3n) is 3.26. The maximum absolute atomic E-state index is 5.97. The summed E-state index contributed by atoms with van der Waals surface area (Å²) in [5.41, 5.74) is 6.44. The van der Waals surface area contributed by atoms with Gasteiger partial charge in [0.15, 0.2) is 0 Å². The number of benzene rings is 1. The van der Waals surface area contributed by atoms with Crippen LogP contribution in [0.25, 0.3) is 0 Å². The van der Waals surface area contributed by atoms with Crippen LogP contribution >= 0.6 is 0 Å². The molecule has 0 unspecified atom stereocenters. The van der Waals surface area contributed by atoms with Crippen LogP contribution in [-0.4, -0.2) is 30.6 Å². The number of nitrogens with zero attached hydrogens (tertiary/aromatic N) is 1. The predicted octanol–water partition coefficient (Wildman–Crippen LogP) is 2.73. The number of nitrogens with two attached hydrogens (primary N) is 1. The van der Waals surface area contributed by atoms with Crippen molar-refractivity contribution in [3.8, 4) is 5.75 Å². The van der Waals surface area contributed by atoms with Gasteiger partial charge in [0, 0.05) is 25.3 Å². The summed E-state index contributed by atoms with van der Waals surface area (Å²) in [7, 11) is 0.